The number of carbonyl (C=O) groups excluding carboxylic acids is 3. The lowest BCUT2D eigenvalue weighted by Crippen LogP contribution is -2.30. The van der Waals surface area contributed by atoms with Gasteiger partial charge < -0.3 is 14.2 Å². The molecular formula is C73H120O6. The first-order valence-corrected chi connectivity index (χ1v) is 32.7. The molecule has 1 unspecified atom stereocenters. The Hall–Kier alpha value is -4.45. The molecule has 1 atom stereocenters. The van der Waals surface area contributed by atoms with E-state index in [4.69, 9.17) is 14.2 Å². The van der Waals surface area contributed by atoms with E-state index >= 15 is 0 Å². The summed E-state index contributed by atoms with van der Waals surface area (Å²) in [6.07, 6.45) is 93.4. The molecule has 0 N–H and O–H groups in total. The van der Waals surface area contributed by atoms with Gasteiger partial charge in [0, 0.05) is 19.3 Å². The summed E-state index contributed by atoms with van der Waals surface area (Å²) in [5, 5.41) is 0. The van der Waals surface area contributed by atoms with E-state index in [9.17, 15) is 14.4 Å². The van der Waals surface area contributed by atoms with Gasteiger partial charge in [0.25, 0.3) is 0 Å². The third kappa shape index (κ3) is 64.3. The van der Waals surface area contributed by atoms with E-state index in [-0.39, 0.29) is 31.1 Å². The monoisotopic (exact) mass is 1090 g/mol. The summed E-state index contributed by atoms with van der Waals surface area (Å²) in [6.45, 7) is 6.46. The van der Waals surface area contributed by atoms with Gasteiger partial charge in [0.1, 0.15) is 13.2 Å². The van der Waals surface area contributed by atoms with Crippen molar-refractivity contribution in [2.75, 3.05) is 13.2 Å². The molecule has 6 heteroatoms. The van der Waals surface area contributed by atoms with E-state index in [1.807, 2.05) is 0 Å². The van der Waals surface area contributed by atoms with Crippen molar-refractivity contribution in [3.63, 3.8) is 0 Å². The number of unbranched alkanes of at least 4 members (excludes halogenated alkanes) is 25. The Labute approximate surface area is 487 Å². The third-order valence-corrected chi connectivity index (χ3v) is 13.6. The van der Waals surface area contributed by atoms with Gasteiger partial charge in [-0.15, -0.1) is 0 Å². The highest BCUT2D eigenvalue weighted by Gasteiger charge is 2.19. The molecule has 0 amide bonds. The fourth-order valence-corrected chi connectivity index (χ4v) is 8.76. The van der Waals surface area contributed by atoms with Crippen molar-refractivity contribution in [2.24, 2.45) is 0 Å². The summed E-state index contributed by atoms with van der Waals surface area (Å²) in [4.78, 5) is 38.1. The molecule has 0 aliphatic heterocycles. The summed E-state index contributed by atoms with van der Waals surface area (Å²) >= 11 is 0. The van der Waals surface area contributed by atoms with Gasteiger partial charge in [0.15, 0.2) is 6.10 Å². The molecule has 79 heavy (non-hydrogen) atoms. The molecule has 0 aromatic carbocycles. The first kappa shape index (κ1) is 74.5. The van der Waals surface area contributed by atoms with Crippen LogP contribution < -0.4 is 0 Å². The van der Waals surface area contributed by atoms with Crippen molar-refractivity contribution < 1.29 is 28.6 Å². The maximum Gasteiger partial charge on any atom is 0.306 e. The zero-order valence-electron chi connectivity index (χ0n) is 51.3. The Morgan fingerprint density at radius 1 is 0.266 bits per heavy atom. The van der Waals surface area contributed by atoms with Gasteiger partial charge in [-0.3, -0.25) is 14.4 Å². The molecule has 6 nitrogen and oxygen atoms in total. The van der Waals surface area contributed by atoms with Crippen LogP contribution in [0.5, 0.6) is 0 Å². The fourth-order valence-electron chi connectivity index (χ4n) is 8.76. The average Bonchev–Trinajstić information content (AvgIpc) is 3.45. The molecule has 0 saturated heterocycles. The minimum absolute atomic E-state index is 0.0879. The number of hydrogen-bond acceptors (Lipinski definition) is 6. The third-order valence-electron chi connectivity index (χ3n) is 13.6. The van der Waals surface area contributed by atoms with E-state index in [1.54, 1.807) is 0 Å². The van der Waals surface area contributed by atoms with Crippen LogP contribution in [0, 0.1) is 0 Å². The predicted molar refractivity (Wildman–Crippen MR) is 343 cm³/mol. The van der Waals surface area contributed by atoms with Gasteiger partial charge in [-0.1, -0.05) is 283 Å². The Morgan fingerprint density at radius 3 is 0.772 bits per heavy atom. The van der Waals surface area contributed by atoms with Crippen LogP contribution in [0.15, 0.2) is 134 Å². The summed E-state index contributed by atoms with van der Waals surface area (Å²) < 4.78 is 16.8. The van der Waals surface area contributed by atoms with Crippen molar-refractivity contribution >= 4 is 17.9 Å². The van der Waals surface area contributed by atoms with E-state index in [0.29, 0.717) is 19.3 Å². The quantitative estimate of drug-likeness (QED) is 0.0261. The SMILES string of the molecule is CC/C=C\C/C=C\C/C=C\C/C=C\C/C=C\C/C=C\C/C=C\C/C=C\CCCCCCCCC(=O)OCC(COC(=O)CCCCCCCCC)OC(=O)CCCCCCCCCC/C=C\C/C=C\C/C=C\CCCCCCC. The van der Waals surface area contributed by atoms with E-state index in [2.05, 4.69) is 154 Å². The second kappa shape index (κ2) is 66.1. The minimum atomic E-state index is -0.791. The molecular weight excluding hydrogens is 973 g/mol. The molecule has 0 aliphatic rings. The summed E-state index contributed by atoms with van der Waals surface area (Å²) in [6, 6.07) is 0. The Bertz CT molecular complexity index is 1680. The second-order valence-corrected chi connectivity index (χ2v) is 21.3. The van der Waals surface area contributed by atoms with Gasteiger partial charge in [-0.05, 0) is 122 Å². The highest BCUT2D eigenvalue weighted by atomic mass is 16.6. The molecule has 0 fully saturated rings. The molecule has 0 bridgehead atoms. The van der Waals surface area contributed by atoms with Crippen molar-refractivity contribution in [3.8, 4) is 0 Å². The largest absolute Gasteiger partial charge is 0.462 e. The first-order chi connectivity index (χ1) is 39.0. The van der Waals surface area contributed by atoms with Crippen LogP contribution in [-0.2, 0) is 28.6 Å². The van der Waals surface area contributed by atoms with Gasteiger partial charge in [0.05, 0.1) is 0 Å². The highest BCUT2D eigenvalue weighted by Crippen LogP contribution is 2.15. The molecule has 448 valence electrons. The van der Waals surface area contributed by atoms with Crippen molar-refractivity contribution in [2.45, 2.75) is 297 Å². The molecule has 0 saturated carbocycles. The average molecular weight is 1090 g/mol. The number of allylic oxidation sites excluding steroid dienone is 22. The van der Waals surface area contributed by atoms with E-state index < -0.39 is 6.10 Å². The molecule has 0 aromatic heterocycles. The van der Waals surface area contributed by atoms with Crippen LogP contribution in [-0.4, -0.2) is 37.2 Å². The van der Waals surface area contributed by atoms with Crippen molar-refractivity contribution in [3.05, 3.63) is 134 Å². The topological polar surface area (TPSA) is 78.9 Å². The van der Waals surface area contributed by atoms with Gasteiger partial charge in [0.2, 0.25) is 0 Å². The Morgan fingerprint density at radius 2 is 0.494 bits per heavy atom. The van der Waals surface area contributed by atoms with Gasteiger partial charge in [-0.25, -0.2) is 0 Å². The van der Waals surface area contributed by atoms with Crippen LogP contribution in [0.3, 0.4) is 0 Å². The number of ether oxygens (including phenoxy) is 3. The van der Waals surface area contributed by atoms with Gasteiger partial charge >= 0.3 is 17.9 Å². The molecule has 0 radical (unpaired) electrons. The Kier molecular flexibility index (Phi) is 62.3. The number of carbonyl (C=O) groups is 3. The van der Waals surface area contributed by atoms with Gasteiger partial charge in [-0.2, -0.15) is 0 Å². The van der Waals surface area contributed by atoms with Crippen LogP contribution in [0.4, 0.5) is 0 Å². The number of hydrogen-bond donors (Lipinski definition) is 0. The molecule has 0 spiro atoms. The zero-order valence-corrected chi connectivity index (χ0v) is 51.3. The normalized spacial score (nSPS) is 13.0. The summed E-state index contributed by atoms with van der Waals surface area (Å²) in [5.74, 6) is -0.916. The molecule has 0 rings (SSSR count). The van der Waals surface area contributed by atoms with E-state index in [1.165, 1.54) is 109 Å². The van der Waals surface area contributed by atoms with Crippen molar-refractivity contribution in [1.29, 1.82) is 0 Å². The maximum absolute atomic E-state index is 12.9. The molecule has 0 aliphatic carbocycles. The lowest BCUT2D eigenvalue weighted by Gasteiger charge is -2.18. The lowest BCUT2D eigenvalue weighted by atomic mass is 10.1. The first-order valence-electron chi connectivity index (χ1n) is 32.7. The highest BCUT2D eigenvalue weighted by molar-refractivity contribution is 5.71. The Balaban J connectivity index is 4.21. The van der Waals surface area contributed by atoms with E-state index in [0.717, 1.165) is 141 Å². The summed E-state index contributed by atoms with van der Waals surface area (Å²) in [7, 11) is 0. The molecule has 0 aromatic rings. The van der Waals surface area contributed by atoms with Crippen LogP contribution in [0.1, 0.15) is 290 Å². The zero-order chi connectivity index (χ0) is 57.1. The summed E-state index contributed by atoms with van der Waals surface area (Å²) in [5.41, 5.74) is 0. The van der Waals surface area contributed by atoms with Crippen LogP contribution in [0.2, 0.25) is 0 Å². The van der Waals surface area contributed by atoms with Crippen molar-refractivity contribution in [1.82, 2.24) is 0 Å². The standard InChI is InChI=1S/C73H120O6/c1-4-7-10-13-16-18-20-22-24-26-28-30-32-33-34-35-36-37-38-39-41-42-44-46-48-50-52-54-57-60-63-66-72(75)78-69-70(68-77-71(74)65-62-59-56-15-12-9-6-3)79-73(76)67-64-61-58-55-53-51-49-47-45-43-40-31-29-27-25-23-21-19-17-14-11-8-5-2/h7,10,16,18,21-24,27-30,33-34,36-37,39-41,43-44,46,70H,4-6,8-9,11-15,17,19-20,25-26,31-32,35,38,42,45,47-69H2,1-3H3/b10-7-,18-16-,23-21-,24-22-,29-27-,30-28-,34-33-,37-36-,41-39-,43-40-,46-44-. The number of rotatable bonds is 58. The van der Waals surface area contributed by atoms with Crippen LogP contribution >= 0.6 is 0 Å². The smallest absolute Gasteiger partial charge is 0.306 e. The maximum atomic E-state index is 12.9. The molecule has 0 heterocycles. The predicted octanol–water partition coefficient (Wildman–Crippen LogP) is 22.5. The number of esters is 3. The second-order valence-electron chi connectivity index (χ2n) is 21.3. The fraction of sp³-hybridized carbons (Fsp3) is 0.658. The van der Waals surface area contributed by atoms with Crippen LogP contribution in [0.25, 0.3) is 0 Å². The lowest BCUT2D eigenvalue weighted by molar-refractivity contribution is -0.167. The minimum Gasteiger partial charge on any atom is -0.462 e.